The molecule has 1 saturated heterocycles. The minimum Gasteiger partial charge on any atom is -0.490 e. The summed E-state index contributed by atoms with van der Waals surface area (Å²) in [6.45, 7) is 11.1. The third-order valence-corrected chi connectivity index (χ3v) is 5.13. The molecule has 0 amide bonds. The first-order valence-corrected chi connectivity index (χ1v) is 10.4. The van der Waals surface area contributed by atoms with E-state index < -0.39 is 0 Å². The van der Waals surface area contributed by atoms with E-state index in [-0.39, 0.29) is 24.0 Å². The summed E-state index contributed by atoms with van der Waals surface area (Å²) in [6, 6.07) is 5.96. The molecule has 7 heteroatoms. The van der Waals surface area contributed by atoms with E-state index in [1.54, 1.807) is 0 Å². The van der Waals surface area contributed by atoms with Gasteiger partial charge >= 0.3 is 0 Å². The van der Waals surface area contributed by atoms with Crippen molar-refractivity contribution in [1.82, 2.24) is 10.2 Å². The van der Waals surface area contributed by atoms with E-state index in [0.717, 1.165) is 61.5 Å². The van der Waals surface area contributed by atoms with Crippen molar-refractivity contribution in [3.63, 3.8) is 0 Å². The number of nitrogens with one attached hydrogen (secondary N) is 2. The van der Waals surface area contributed by atoms with Crippen molar-refractivity contribution >= 4 is 35.6 Å². The Bertz CT molecular complexity index is 618. The Morgan fingerprint density at radius 2 is 1.93 bits per heavy atom. The zero-order valence-electron chi connectivity index (χ0n) is 17.2. The normalized spacial score (nSPS) is 18.1. The second-order valence-electron chi connectivity index (χ2n) is 7.48. The fraction of sp³-hybridized carbons (Fsp3) is 0.667. The second kappa shape index (κ2) is 12.4. The molecule has 2 heterocycles. The molecule has 0 saturated carbocycles. The SMILES string of the molecule is CCNC(=NCCCN1CCC(C)CC1)Nc1ccc2c(c1)OCCCO2.I. The maximum atomic E-state index is 5.77. The van der Waals surface area contributed by atoms with Crippen molar-refractivity contribution in [1.29, 1.82) is 0 Å². The van der Waals surface area contributed by atoms with Gasteiger partial charge in [-0.05, 0) is 63.9 Å². The molecule has 1 fully saturated rings. The standard InChI is InChI=1S/C21H34N4O2.HI/c1-3-22-21(23-10-4-11-25-12-8-17(2)9-13-25)24-18-6-7-19-20(16-18)27-15-5-14-26-19;/h6-7,16-17H,3-5,8-15H2,1-2H3,(H2,22,23,24);1H. The lowest BCUT2D eigenvalue weighted by Gasteiger charge is -2.29. The predicted molar refractivity (Wildman–Crippen MR) is 127 cm³/mol. The molecule has 2 N–H and O–H groups in total. The molecule has 2 aliphatic heterocycles. The van der Waals surface area contributed by atoms with Gasteiger partial charge in [0.2, 0.25) is 0 Å². The van der Waals surface area contributed by atoms with Crippen LogP contribution in [-0.2, 0) is 0 Å². The smallest absolute Gasteiger partial charge is 0.195 e. The molecule has 1 aromatic rings. The first-order valence-electron chi connectivity index (χ1n) is 10.4. The van der Waals surface area contributed by atoms with Gasteiger partial charge in [-0.1, -0.05) is 6.92 Å². The summed E-state index contributed by atoms with van der Waals surface area (Å²) in [5.74, 6) is 3.32. The molecular formula is C21H35IN4O2. The highest BCUT2D eigenvalue weighted by molar-refractivity contribution is 14.0. The molecule has 0 aliphatic carbocycles. The molecule has 0 spiro atoms. The van der Waals surface area contributed by atoms with Crippen molar-refractivity contribution in [2.75, 3.05) is 51.3 Å². The van der Waals surface area contributed by atoms with Crippen LogP contribution in [0, 0.1) is 5.92 Å². The summed E-state index contributed by atoms with van der Waals surface area (Å²) in [5, 5.41) is 6.71. The number of anilines is 1. The predicted octanol–water partition coefficient (Wildman–Crippen LogP) is 3.97. The van der Waals surface area contributed by atoms with E-state index in [1.165, 1.54) is 25.9 Å². The van der Waals surface area contributed by atoms with Crippen molar-refractivity contribution in [3.8, 4) is 11.5 Å². The number of hydrogen-bond donors (Lipinski definition) is 2. The maximum absolute atomic E-state index is 5.77. The van der Waals surface area contributed by atoms with Gasteiger partial charge in [0.15, 0.2) is 17.5 Å². The van der Waals surface area contributed by atoms with Crippen molar-refractivity contribution in [2.24, 2.45) is 10.9 Å². The Labute approximate surface area is 186 Å². The van der Waals surface area contributed by atoms with Gasteiger partial charge in [-0.3, -0.25) is 4.99 Å². The Hall–Kier alpha value is -1.22. The first-order chi connectivity index (χ1) is 13.2. The highest BCUT2D eigenvalue weighted by atomic mass is 127. The fourth-order valence-corrected chi connectivity index (χ4v) is 3.46. The number of aliphatic imine (C=N–C) groups is 1. The molecular weight excluding hydrogens is 467 g/mol. The van der Waals surface area contributed by atoms with E-state index in [0.29, 0.717) is 13.2 Å². The average molecular weight is 502 g/mol. The number of fused-ring (bicyclic) bond motifs is 1. The van der Waals surface area contributed by atoms with Gasteiger partial charge in [0.05, 0.1) is 13.2 Å². The monoisotopic (exact) mass is 502 g/mol. The molecule has 0 unspecified atom stereocenters. The number of benzene rings is 1. The van der Waals surface area contributed by atoms with Gasteiger partial charge in [-0.15, -0.1) is 24.0 Å². The molecule has 0 atom stereocenters. The molecule has 28 heavy (non-hydrogen) atoms. The maximum Gasteiger partial charge on any atom is 0.195 e. The number of nitrogens with zero attached hydrogens (tertiary/aromatic N) is 2. The van der Waals surface area contributed by atoms with Crippen LogP contribution in [0.5, 0.6) is 11.5 Å². The van der Waals surface area contributed by atoms with Gasteiger partial charge in [0.25, 0.3) is 0 Å². The van der Waals surface area contributed by atoms with Crippen LogP contribution in [-0.4, -0.2) is 56.8 Å². The van der Waals surface area contributed by atoms with Crippen molar-refractivity contribution in [3.05, 3.63) is 18.2 Å². The van der Waals surface area contributed by atoms with Crippen LogP contribution < -0.4 is 20.1 Å². The first kappa shape index (κ1) is 23.1. The molecule has 6 nitrogen and oxygen atoms in total. The molecule has 2 aliphatic rings. The number of halogens is 1. The van der Waals surface area contributed by atoms with E-state index in [4.69, 9.17) is 14.5 Å². The lowest BCUT2D eigenvalue weighted by Crippen LogP contribution is -2.34. The summed E-state index contributed by atoms with van der Waals surface area (Å²) >= 11 is 0. The van der Waals surface area contributed by atoms with Crippen molar-refractivity contribution in [2.45, 2.75) is 39.5 Å². The zero-order chi connectivity index (χ0) is 18.9. The van der Waals surface area contributed by atoms with E-state index >= 15 is 0 Å². The Kier molecular flexibility index (Phi) is 10.2. The lowest BCUT2D eigenvalue weighted by atomic mass is 9.99. The summed E-state index contributed by atoms with van der Waals surface area (Å²) < 4.78 is 11.5. The highest BCUT2D eigenvalue weighted by Crippen LogP contribution is 2.32. The summed E-state index contributed by atoms with van der Waals surface area (Å²) in [7, 11) is 0. The van der Waals surface area contributed by atoms with Crippen LogP contribution >= 0.6 is 24.0 Å². The number of likely N-dealkylation sites (tertiary alicyclic amines) is 1. The van der Waals surface area contributed by atoms with E-state index in [1.807, 2.05) is 18.2 Å². The number of rotatable bonds is 6. The third-order valence-electron chi connectivity index (χ3n) is 5.13. The second-order valence-corrected chi connectivity index (χ2v) is 7.48. The molecule has 0 bridgehead atoms. The molecule has 0 radical (unpaired) electrons. The number of piperidine rings is 1. The third kappa shape index (κ3) is 7.31. The van der Waals surface area contributed by atoms with Crippen LogP contribution in [0.4, 0.5) is 5.69 Å². The van der Waals surface area contributed by atoms with Gasteiger partial charge in [0.1, 0.15) is 0 Å². The van der Waals surface area contributed by atoms with Gasteiger partial charge in [-0.2, -0.15) is 0 Å². The van der Waals surface area contributed by atoms with Crippen molar-refractivity contribution < 1.29 is 9.47 Å². The number of ether oxygens (including phenoxy) is 2. The van der Waals surface area contributed by atoms with E-state index in [2.05, 4.69) is 29.4 Å². The molecule has 1 aromatic carbocycles. The zero-order valence-corrected chi connectivity index (χ0v) is 19.5. The summed E-state index contributed by atoms with van der Waals surface area (Å²) in [4.78, 5) is 7.30. The highest BCUT2D eigenvalue weighted by Gasteiger charge is 2.15. The number of guanidine groups is 1. The largest absolute Gasteiger partial charge is 0.490 e. The Balaban J connectivity index is 0.00000280. The quantitative estimate of drug-likeness (QED) is 0.267. The van der Waals surface area contributed by atoms with Crippen LogP contribution in [0.2, 0.25) is 0 Å². The van der Waals surface area contributed by atoms with Crippen LogP contribution in [0.3, 0.4) is 0 Å². The summed E-state index contributed by atoms with van der Waals surface area (Å²) in [5.41, 5.74) is 0.962. The van der Waals surface area contributed by atoms with Crippen LogP contribution in [0.25, 0.3) is 0 Å². The van der Waals surface area contributed by atoms with Crippen LogP contribution in [0.15, 0.2) is 23.2 Å². The molecule has 158 valence electrons. The van der Waals surface area contributed by atoms with E-state index in [9.17, 15) is 0 Å². The Morgan fingerprint density at radius 3 is 2.68 bits per heavy atom. The minimum absolute atomic E-state index is 0. The van der Waals surface area contributed by atoms with Gasteiger partial charge in [-0.25, -0.2) is 0 Å². The molecule has 0 aromatic heterocycles. The fourth-order valence-electron chi connectivity index (χ4n) is 3.46. The lowest BCUT2D eigenvalue weighted by molar-refractivity contribution is 0.192. The Morgan fingerprint density at radius 1 is 1.18 bits per heavy atom. The van der Waals surface area contributed by atoms with Crippen LogP contribution in [0.1, 0.15) is 39.5 Å². The topological polar surface area (TPSA) is 58.1 Å². The minimum atomic E-state index is 0. The number of hydrogen-bond acceptors (Lipinski definition) is 4. The van der Waals surface area contributed by atoms with Gasteiger partial charge in [0, 0.05) is 31.3 Å². The summed E-state index contributed by atoms with van der Waals surface area (Å²) in [6.07, 6.45) is 4.67. The molecule has 3 rings (SSSR count). The van der Waals surface area contributed by atoms with Gasteiger partial charge < -0.3 is 25.0 Å². The average Bonchev–Trinajstić information content (AvgIpc) is 2.92.